The van der Waals surface area contributed by atoms with Crippen molar-refractivity contribution in [2.24, 2.45) is 52.4 Å². The molecule has 5 fully saturated rings. The van der Waals surface area contributed by atoms with Gasteiger partial charge in [-0.1, -0.05) is 17.7 Å². The van der Waals surface area contributed by atoms with E-state index in [2.05, 4.69) is 9.93 Å². The molecule has 0 aliphatic heterocycles. The second kappa shape index (κ2) is 3.82. The summed E-state index contributed by atoms with van der Waals surface area (Å²) in [5, 5.41) is 4.49. The Bertz CT molecular complexity index is 838. The summed E-state index contributed by atoms with van der Waals surface area (Å²) < 4.78 is 25.0. The van der Waals surface area contributed by atoms with Gasteiger partial charge in [-0.2, -0.15) is 13.5 Å². The number of nitrogens with zero attached hydrogens (tertiary/aromatic N) is 1. The van der Waals surface area contributed by atoms with Crippen molar-refractivity contribution in [1.82, 2.24) is 4.83 Å². The van der Waals surface area contributed by atoms with Crippen LogP contribution in [0.1, 0.15) is 18.4 Å². The lowest BCUT2D eigenvalue weighted by Gasteiger charge is -2.44. The lowest BCUT2D eigenvalue weighted by atomic mass is 9.59. The maximum absolute atomic E-state index is 12.5. The van der Waals surface area contributed by atoms with Crippen LogP contribution in [-0.4, -0.2) is 14.1 Å². The molecule has 5 aliphatic carbocycles. The molecule has 8 unspecified atom stereocenters. The van der Waals surface area contributed by atoms with Gasteiger partial charge in [0.05, 0.1) is 4.90 Å². The molecule has 0 radical (unpaired) electrons. The van der Waals surface area contributed by atoms with Crippen LogP contribution in [0.15, 0.2) is 34.3 Å². The lowest BCUT2D eigenvalue weighted by Crippen LogP contribution is -2.44. The van der Waals surface area contributed by atoms with Gasteiger partial charge >= 0.3 is 0 Å². The Kier molecular flexibility index (Phi) is 2.16. The molecule has 0 amide bonds. The predicted octanol–water partition coefficient (Wildman–Crippen LogP) is 2.41. The Hall–Kier alpha value is -1.36. The molecule has 0 saturated heterocycles. The van der Waals surface area contributed by atoms with Gasteiger partial charge in [-0.15, -0.1) is 0 Å². The smallest absolute Gasteiger partial charge is 0.200 e. The van der Waals surface area contributed by atoms with E-state index in [1.807, 2.05) is 19.1 Å². The van der Waals surface area contributed by atoms with Gasteiger partial charge in [-0.05, 0) is 67.4 Å². The van der Waals surface area contributed by atoms with Crippen LogP contribution in [0.3, 0.4) is 0 Å². The first kappa shape index (κ1) is 13.0. The Morgan fingerprint density at radius 3 is 2.43 bits per heavy atom. The van der Waals surface area contributed by atoms with Crippen molar-refractivity contribution in [2.45, 2.75) is 24.7 Å². The largest absolute Gasteiger partial charge is 0.276 e. The molecular weight excluding hydrogens is 308 g/mol. The average molecular weight is 328 g/mol. The van der Waals surface area contributed by atoms with E-state index in [9.17, 15) is 8.42 Å². The highest BCUT2D eigenvalue weighted by Gasteiger charge is 2.79. The van der Waals surface area contributed by atoms with Crippen molar-refractivity contribution in [1.29, 1.82) is 0 Å². The van der Waals surface area contributed by atoms with Gasteiger partial charge in [0, 0.05) is 17.5 Å². The van der Waals surface area contributed by atoms with Crippen LogP contribution in [0.25, 0.3) is 0 Å². The zero-order chi connectivity index (χ0) is 15.5. The summed E-state index contributed by atoms with van der Waals surface area (Å²) in [6, 6.07) is 6.95. The van der Waals surface area contributed by atoms with Crippen molar-refractivity contribution in [3.63, 3.8) is 0 Å². The highest BCUT2D eigenvalue weighted by molar-refractivity contribution is 7.89. The number of nitrogens with one attached hydrogen (secondary N) is 1. The third kappa shape index (κ3) is 1.36. The molecule has 0 spiro atoms. The van der Waals surface area contributed by atoms with Crippen LogP contribution in [0.4, 0.5) is 0 Å². The summed E-state index contributed by atoms with van der Waals surface area (Å²) in [4.78, 5) is 2.85. The van der Waals surface area contributed by atoms with Crippen LogP contribution in [0, 0.1) is 54.3 Å². The predicted molar refractivity (Wildman–Crippen MR) is 86.1 cm³/mol. The van der Waals surface area contributed by atoms with E-state index in [1.54, 1.807) is 12.1 Å². The maximum atomic E-state index is 12.5. The molecule has 6 rings (SSSR count). The molecule has 8 atom stereocenters. The number of sulfonamides is 1. The molecule has 0 heterocycles. The number of fused-ring (bicyclic) bond motifs is 2. The standard InChI is InChI=1S/C18H20N2O2S/c1-8-2-4-9(5-3-8)23(21,22)20-19-18-15-11-7-12-14-10(11)6-13(15)16(14)17(12)18/h2-5,10-17,20H,6-7H2,1H3/b19-18+. The first-order valence-electron chi connectivity index (χ1n) is 8.72. The highest BCUT2D eigenvalue weighted by atomic mass is 32.2. The Morgan fingerprint density at radius 1 is 0.957 bits per heavy atom. The van der Waals surface area contributed by atoms with Crippen LogP contribution < -0.4 is 4.83 Å². The first-order chi connectivity index (χ1) is 11.1. The van der Waals surface area contributed by atoms with Gasteiger partial charge in [-0.3, -0.25) is 0 Å². The third-order valence-corrected chi connectivity index (χ3v) is 8.90. The summed E-state index contributed by atoms with van der Waals surface area (Å²) in [5.74, 6) is 6.39. The third-order valence-electron chi connectivity index (χ3n) is 7.67. The highest BCUT2D eigenvalue weighted by Crippen LogP contribution is 2.81. The van der Waals surface area contributed by atoms with E-state index >= 15 is 0 Å². The number of hydrazone groups is 1. The Balaban J connectivity index is 1.33. The lowest BCUT2D eigenvalue weighted by molar-refractivity contribution is 0.0503. The van der Waals surface area contributed by atoms with Crippen molar-refractivity contribution < 1.29 is 8.42 Å². The van der Waals surface area contributed by atoms with E-state index in [4.69, 9.17) is 0 Å². The van der Waals surface area contributed by atoms with Crippen molar-refractivity contribution in [3.05, 3.63) is 29.8 Å². The van der Waals surface area contributed by atoms with Crippen molar-refractivity contribution >= 4 is 15.7 Å². The second-order valence-corrected chi connectivity index (χ2v) is 9.94. The van der Waals surface area contributed by atoms with Gasteiger partial charge in [-0.25, -0.2) is 4.83 Å². The number of benzene rings is 1. The molecule has 0 aromatic heterocycles. The zero-order valence-corrected chi connectivity index (χ0v) is 13.8. The van der Waals surface area contributed by atoms with E-state index in [0.717, 1.165) is 41.1 Å². The minimum atomic E-state index is -3.54. The maximum Gasteiger partial charge on any atom is 0.276 e. The molecule has 2 bridgehead atoms. The number of hydrogen-bond donors (Lipinski definition) is 1. The minimum Gasteiger partial charge on any atom is -0.200 e. The van der Waals surface area contributed by atoms with E-state index in [-0.39, 0.29) is 0 Å². The van der Waals surface area contributed by atoms with E-state index in [1.165, 1.54) is 18.6 Å². The first-order valence-corrected chi connectivity index (χ1v) is 10.2. The molecule has 4 nitrogen and oxygen atoms in total. The summed E-state index contributed by atoms with van der Waals surface area (Å²) in [6.07, 6.45) is 2.78. The van der Waals surface area contributed by atoms with E-state index < -0.39 is 10.0 Å². The summed E-state index contributed by atoms with van der Waals surface area (Å²) in [5.41, 5.74) is 2.26. The van der Waals surface area contributed by atoms with Crippen molar-refractivity contribution in [3.8, 4) is 0 Å². The van der Waals surface area contributed by atoms with Crippen molar-refractivity contribution in [2.75, 3.05) is 0 Å². The minimum absolute atomic E-state index is 0.300. The number of rotatable bonds is 3. The number of aryl methyl sites for hydroxylation is 1. The topological polar surface area (TPSA) is 58.5 Å². The fourth-order valence-electron chi connectivity index (χ4n) is 7.17. The number of hydrogen-bond acceptors (Lipinski definition) is 3. The van der Waals surface area contributed by atoms with Gasteiger partial charge in [0.15, 0.2) is 0 Å². The van der Waals surface area contributed by atoms with Gasteiger partial charge < -0.3 is 0 Å². The van der Waals surface area contributed by atoms with Crippen LogP contribution in [0.5, 0.6) is 0 Å². The van der Waals surface area contributed by atoms with Crippen LogP contribution in [0.2, 0.25) is 0 Å². The Labute approximate surface area is 136 Å². The average Bonchev–Trinajstić information content (AvgIpc) is 3.05. The normalized spacial score (nSPS) is 49.2. The summed E-state index contributed by atoms with van der Waals surface area (Å²) >= 11 is 0. The molecule has 5 saturated carbocycles. The monoisotopic (exact) mass is 328 g/mol. The van der Waals surface area contributed by atoms with Crippen LogP contribution in [-0.2, 0) is 10.0 Å². The molecule has 5 aliphatic rings. The van der Waals surface area contributed by atoms with E-state index in [0.29, 0.717) is 16.7 Å². The SMILES string of the molecule is Cc1ccc(S(=O)(=O)N/N=C2\C3C4CC5C2C2C3CC4C52)cc1. The molecular formula is C18H20N2O2S. The summed E-state index contributed by atoms with van der Waals surface area (Å²) in [7, 11) is -3.54. The molecule has 1 aromatic rings. The van der Waals surface area contributed by atoms with Gasteiger partial charge in [0.25, 0.3) is 10.0 Å². The second-order valence-electron chi connectivity index (χ2n) is 8.28. The molecule has 120 valence electrons. The zero-order valence-electron chi connectivity index (χ0n) is 13.0. The van der Waals surface area contributed by atoms with Gasteiger partial charge in [0.1, 0.15) is 0 Å². The molecule has 5 heteroatoms. The summed E-state index contributed by atoms with van der Waals surface area (Å²) in [6.45, 7) is 1.95. The quantitative estimate of drug-likeness (QED) is 0.866. The molecule has 23 heavy (non-hydrogen) atoms. The molecule has 1 N–H and O–H groups in total. The molecule has 1 aromatic carbocycles. The Morgan fingerprint density at radius 2 is 1.65 bits per heavy atom. The van der Waals surface area contributed by atoms with Gasteiger partial charge in [0.2, 0.25) is 0 Å². The fraction of sp³-hybridized carbons (Fsp3) is 0.611. The fourth-order valence-corrected chi connectivity index (χ4v) is 7.99. The van der Waals surface area contributed by atoms with Crippen LogP contribution >= 0.6 is 0 Å².